The molecule has 0 radical (unpaired) electrons. The van der Waals surface area contributed by atoms with Crippen LogP contribution >= 0.6 is 11.3 Å². The normalized spacial score (nSPS) is 17.2. The summed E-state index contributed by atoms with van der Waals surface area (Å²) in [6.45, 7) is 1.97. The van der Waals surface area contributed by atoms with Gasteiger partial charge in [0, 0.05) is 5.56 Å². The summed E-state index contributed by atoms with van der Waals surface area (Å²) in [5, 5.41) is 10.8. The highest BCUT2D eigenvalue weighted by Gasteiger charge is 2.27. The summed E-state index contributed by atoms with van der Waals surface area (Å²) in [4.78, 5) is 6.68. The van der Waals surface area contributed by atoms with Crippen LogP contribution in [-0.2, 0) is 0 Å². The molecule has 1 aliphatic rings. The zero-order chi connectivity index (χ0) is 16.5. The van der Waals surface area contributed by atoms with Gasteiger partial charge in [0.2, 0.25) is 0 Å². The Labute approximate surface area is 144 Å². The first-order chi connectivity index (χ1) is 11.7. The predicted octanol–water partition coefficient (Wildman–Crippen LogP) is 4.72. The molecule has 1 atom stereocenters. The number of aromatic nitrogens is 1. The molecule has 0 aliphatic carbocycles. The molecule has 0 bridgehead atoms. The fourth-order valence-corrected chi connectivity index (χ4v) is 4.24. The number of likely N-dealkylation sites (tertiary alicyclic amines) is 1. The minimum absolute atomic E-state index is 0.0722. The Morgan fingerprint density at radius 1 is 1.04 bits per heavy atom. The van der Waals surface area contributed by atoms with Crippen LogP contribution in [0.2, 0.25) is 0 Å². The molecule has 1 fully saturated rings. The van der Waals surface area contributed by atoms with E-state index >= 15 is 0 Å². The molecule has 0 saturated carbocycles. The van der Waals surface area contributed by atoms with E-state index in [0.29, 0.717) is 5.52 Å². The molecule has 0 amide bonds. The Morgan fingerprint density at radius 3 is 2.54 bits per heavy atom. The maximum Gasteiger partial charge on any atom is 0.147 e. The van der Waals surface area contributed by atoms with Gasteiger partial charge in [0.15, 0.2) is 0 Å². The van der Waals surface area contributed by atoms with Crippen LogP contribution in [0.15, 0.2) is 41.9 Å². The van der Waals surface area contributed by atoms with Gasteiger partial charge in [-0.1, -0.05) is 24.6 Å². The number of fused-ring (bicyclic) bond motifs is 1. The van der Waals surface area contributed by atoms with Gasteiger partial charge in [0.25, 0.3) is 0 Å². The fourth-order valence-electron chi connectivity index (χ4n) is 3.56. The second kappa shape index (κ2) is 6.49. The van der Waals surface area contributed by atoms with E-state index in [4.69, 9.17) is 0 Å². The van der Waals surface area contributed by atoms with Crippen LogP contribution in [0.1, 0.15) is 36.4 Å². The Kier molecular flexibility index (Phi) is 4.21. The summed E-state index contributed by atoms with van der Waals surface area (Å²) in [7, 11) is 0. The lowest BCUT2D eigenvalue weighted by atomic mass is 9.94. The number of phenols is 1. The third-order valence-electron chi connectivity index (χ3n) is 4.74. The van der Waals surface area contributed by atoms with Gasteiger partial charge in [0.05, 0.1) is 16.3 Å². The minimum atomic E-state index is -0.240. The summed E-state index contributed by atoms with van der Waals surface area (Å²) < 4.78 is 14.3. The molecule has 3 nitrogen and oxygen atoms in total. The molecule has 124 valence electrons. The molecule has 1 saturated heterocycles. The lowest BCUT2D eigenvalue weighted by Gasteiger charge is -2.35. The molecule has 2 heterocycles. The number of benzene rings is 2. The van der Waals surface area contributed by atoms with Crippen molar-refractivity contribution in [2.75, 3.05) is 13.1 Å². The van der Waals surface area contributed by atoms with Crippen molar-refractivity contribution >= 4 is 21.6 Å². The average molecular weight is 342 g/mol. The summed E-state index contributed by atoms with van der Waals surface area (Å²) in [5.74, 6) is 0.00367. The van der Waals surface area contributed by atoms with Gasteiger partial charge in [-0.3, -0.25) is 4.90 Å². The Bertz CT molecular complexity index is 840. The largest absolute Gasteiger partial charge is 0.505 e. The second-order valence-electron chi connectivity index (χ2n) is 6.25. The number of aromatic hydroxyl groups is 1. The van der Waals surface area contributed by atoms with Crippen molar-refractivity contribution in [3.05, 3.63) is 58.9 Å². The number of hydrogen-bond donors (Lipinski definition) is 1. The van der Waals surface area contributed by atoms with Crippen LogP contribution in [0.25, 0.3) is 10.2 Å². The quantitative estimate of drug-likeness (QED) is 0.748. The molecule has 1 unspecified atom stereocenters. The van der Waals surface area contributed by atoms with E-state index in [2.05, 4.69) is 9.88 Å². The van der Waals surface area contributed by atoms with Gasteiger partial charge in [-0.15, -0.1) is 11.3 Å². The number of rotatable bonds is 3. The van der Waals surface area contributed by atoms with E-state index in [0.717, 1.165) is 41.8 Å². The van der Waals surface area contributed by atoms with Crippen molar-refractivity contribution in [1.82, 2.24) is 9.88 Å². The number of thiazole rings is 1. The van der Waals surface area contributed by atoms with Crippen LogP contribution in [0.3, 0.4) is 0 Å². The molecule has 4 rings (SSSR count). The Hall–Kier alpha value is -1.98. The van der Waals surface area contributed by atoms with Crippen LogP contribution in [0.5, 0.6) is 5.75 Å². The van der Waals surface area contributed by atoms with Crippen molar-refractivity contribution in [2.45, 2.75) is 25.3 Å². The van der Waals surface area contributed by atoms with Gasteiger partial charge < -0.3 is 5.11 Å². The van der Waals surface area contributed by atoms with Gasteiger partial charge in [-0.2, -0.15) is 0 Å². The molecular formula is C19H19FN2OS. The summed E-state index contributed by atoms with van der Waals surface area (Å²) >= 11 is 1.52. The van der Waals surface area contributed by atoms with Gasteiger partial charge in [-0.25, -0.2) is 9.37 Å². The van der Waals surface area contributed by atoms with Gasteiger partial charge in [-0.05, 0) is 49.7 Å². The number of piperidine rings is 1. The van der Waals surface area contributed by atoms with Crippen molar-refractivity contribution < 1.29 is 9.50 Å². The summed E-state index contributed by atoms with van der Waals surface area (Å²) in [5.41, 5.74) is 4.26. The third-order valence-corrected chi connectivity index (χ3v) is 5.54. The van der Waals surface area contributed by atoms with Crippen molar-refractivity contribution in [2.24, 2.45) is 0 Å². The van der Waals surface area contributed by atoms with E-state index in [1.165, 1.54) is 29.9 Å². The first kappa shape index (κ1) is 15.5. The second-order valence-corrected chi connectivity index (χ2v) is 7.14. The highest BCUT2D eigenvalue weighted by molar-refractivity contribution is 7.16. The summed E-state index contributed by atoms with van der Waals surface area (Å²) in [6.07, 6.45) is 3.54. The smallest absolute Gasteiger partial charge is 0.147 e. The monoisotopic (exact) mass is 342 g/mol. The lowest BCUT2D eigenvalue weighted by Crippen LogP contribution is -2.34. The highest BCUT2D eigenvalue weighted by Crippen LogP contribution is 2.39. The first-order valence-corrected chi connectivity index (χ1v) is 9.16. The minimum Gasteiger partial charge on any atom is -0.505 e. The van der Waals surface area contributed by atoms with E-state index in [1.54, 1.807) is 5.51 Å². The van der Waals surface area contributed by atoms with E-state index in [1.807, 2.05) is 24.3 Å². The molecule has 1 aliphatic heterocycles. The Morgan fingerprint density at radius 2 is 1.79 bits per heavy atom. The maximum absolute atomic E-state index is 13.4. The first-order valence-electron chi connectivity index (χ1n) is 8.28. The molecule has 24 heavy (non-hydrogen) atoms. The highest BCUT2D eigenvalue weighted by atomic mass is 32.1. The van der Waals surface area contributed by atoms with E-state index in [-0.39, 0.29) is 17.6 Å². The topological polar surface area (TPSA) is 36.4 Å². The van der Waals surface area contributed by atoms with Crippen LogP contribution in [-0.4, -0.2) is 28.1 Å². The lowest BCUT2D eigenvalue weighted by molar-refractivity contribution is 0.185. The molecule has 0 spiro atoms. The standard InChI is InChI=1S/C19H19FN2OS/c20-14-6-4-13(5-7-14)18(22-10-2-1-3-11-22)15-8-9-16-17(19(15)23)21-12-24-16/h4-9,12,18,23H,1-3,10-11H2. The van der Waals surface area contributed by atoms with Gasteiger partial charge in [0.1, 0.15) is 17.1 Å². The Balaban J connectivity index is 1.83. The van der Waals surface area contributed by atoms with Gasteiger partial charge >= 0.3 is 0 Å². The zero-order valence-corrected chi connectivity index (χ0v) is 14.1. The van der Waals surface area contributed by atoms with E-state index < -0.39 is 0 Å². The molecule has 3 aromatic rings. The molecule has 5 heteroatoms. The molecule has 2 aromatic carbocycles. The number of hydrogen-bond acceptors (Lipinski definition) is 4. The average Bonchev–Trinajstić information content (AvgIpc) is 3.09. The molecular weight excluding hydrogens is 323 g/mol. The van der Waals surface area contributed by atoms with Crippen molar-refractivity contribution in [3.8, 4) is 5.75 Å². The predicted molar refractivity (Wildman–Crippen MR) is 95.0 cm³/mol. The number of phenolic OH excluding ortho intramolecular Hbond substituents is 1. The molecule has 1 aromatic heterocycles. The summed E-state index contributed by atoms with van der Waals surface area (Å²) in [6, 6.07) is 10.5. The van der Waals surface area contributed by atoms with E-state index in [9.17, 15) is 9.50 Å². The third kappa shape index (κ3) is 2.78. The molecule has 1 N–H and O–H groups in total. The van der Waals surface area contributed by atoms with Crippen molar-refractivity contribution in [3.63, 3.8) is 0 Å². The van der Waals surface area contributed by atoms with Crippen LogP contribution in [0, 0.1) is 5.82 Å². The zero-order valence-electron chi connectivity index (χ0n) is 13.3. The van der Waals surface area contributed by atoms with Crippen LogP contribution in [0.4, 0.5) is 4.39 Å². The number of halogens is 1. The SMILES string of the molecule is Oc1c(C(c2ccc(F)cc2)N2CCCCC2)ccc2scnc12. The fraction of sp³-hybridized carbons (Fsp3) is 0.316. The van der Waals surface area contributed by atoms with Crippen LogP contribution < -0.4 is 0 Å². The maximum atomic E-state index is 13.4. The van der Waals surface area contributed by atoms with Crippen molar-refractivity contribution in [1.29, 1.82) is 0 Å². The number of nitrogens with zero attached hydrogens (tertiary/aromatic N) is 2.